The average Bonchev–Trinajstić information content (AvgIpc) is 3.39. The molecule has 0 amide bonds. The Hall–Kier alpha value is -3.15. The van der Waals surface area contributed by atoms with Crippen LogP contribution in [0, 0.1) is 0 Å². The summed E-state index contributed by atoms with van der Waals surface area (Å²) in [4.78, 5) is 38.3. The molecular weight excluding hydrogens is 901 g/mol. The van der Waals surface area contributed by atoms with E-state index >= 15 is 0 Å². The zero-order valence-electron chi connectivity index (χ0n) is 48.4. The van der Waals surface area contributed by atoms with Gasteiger partial charge in [0.25, 0.3) is 0 Å². The van der Waals surface area contributed by atoms with E-state index in [4.69, 9.17) is 14.2 Å². The van der Waals surface area contributed by atoms with Crippen LogP contribution in [0.2, 0.25) is 0 Å². The lowest BCUT2D eigenvalue weighted by Crippen LogP contribution is -2.30. The number of carbonyl (C=O) groups excluding carboxylic acids is 3. The Kier molecular flexibility index (Phi) is 58.7. The number of hydrogen-bond donors (Lipinski definition) is 0. The lowest BCUT2D eigenvalue weighted by molar-refractivity contribution is -0.167. The van der Waals surface area contributed by atoms with Gasteiger partial charge in [0.1, 0.15) is 13.2 Å². The average molecular weight is 1020 g/mol. The molecule has 0 saturated heterocycles. The summed E-state index contributed by atoms with van der Waals surface area (Å²) in [6.07, 6.45) is 79.1. The Morgan fingerprint density at radius 1 is 0.288 bits per heavy atom. The highest BCUT2D eigenvalue weighted by atomic mass is 16.6. The minimum Gasteiger partial charge on any atom is -0.462 e. The maximum atomic E-state index is 12.9. The predicted octanol–water partition coefficient (Wildman–Crippen LogP) is 21.3. The molecule has 6 heteroatoms. The Morgan fingerprint density at radius 2 is 0.534 bits per heavy atom. The summed E-state index contributed by atoms with van der Waals surface area (Å²) in [5.74, 6) is -0.917. The van der Waals surface area contributed by atoms with Gasteiger partial charge in [-0.1, -0.05) is 280 Å². The highest BCUT2D eigenvalue weighted by Gasteiger charge is 2.19. The van der Waals surface area contributed by atoms with Gasteiger partial charge in [-0.3, -0.25) is 14.4 Å². The zero-order valence-corrected chi connectivity index (χ0v) is 48.4. The number of hydrogen-bond acceptors (Lipinski definition) is 6. The first-order valence-corrected chi connectivity index (χ1v) is 31.4. The number of unbranched alkanes of at least 4 members (excludes halogenated alkanes) is 34. The molecule has 0 aromatic carbocycles. The van der Waals surface area contributed by atoms with Crippen LogP contribution in [0.5, 0.6) is 0 Å². The molecule has 6 nitrogen and oxygen atoms in total. The number of ether oxygens (including phenoxy) is 3. The quantitative estimate of drug-likeness (QED) is 0.0261. The molecule has 0 aliphatic carbocycles. The van der Waals surface area contributed by atoms with Crippen molar-refractivity contribution in [2.75, 3.05) is 13.2 Å². The van der Waals surface area contributed by atoms with Crippen molar-refractivity contribution in [3.63, 3.8) is 0 Å². The molecule has 0 aromatic rings. The van der Waals surface area contributed by atoms with Crippen LogP contribution in [0.4, 0.5) is 0 Å². The molecule has 0 fully saturated rings. The van der Waals surface area contributed by atoms with Crippen LogP contribution in [0.25, 0.3) is 0 Å². The first-order chi connectivity index (χ1) is 36.0. The van der Waals surface area contributed by atoms with Gasteiger partial charge >= 0.3 is 17.9 Å². The van der Waals surface area contributed by atoms with E-state index in [0.29, 0.717) is 19.3 Å². The molecule has 0 aliphatic heterocycles. The van der Waals surface area contributed by atoms with Crippen LogP contribution in [-0.4, -0.2) is 37.2 Å². The summed E-state index contributed by atoms with van der Waals surface area (Å²) in [6.45, 7) is 6.52. The van der Waals surface area contributed by atoms with Crippen molar-refractivity contribution in [3.05, 3.63) is 72.9 Å². The van der Waals surface area contributed by atoms with Crippen LogP contribution < -0.4 is 0 Å². The van der Waals surface area contributed by atoms with Gasteiger partial charge in [0.2, 0.25) is 0 Å². The maximum absolute atomic E-state index is 12.9. The first-order valence-electron chi connectivity index (χ1n) is 31.4. The Bertz CT molecular complexity index is 1360. The fourth-order valence-electron chi connectivity index (χ4n) is 9.00. The number of carbonyl (C=O) groups is 3. The van der Waals surface area contributed by atoms with Crippen molar-refractivity contribution in [1.82, 2.24) is 0 Å². The molecule has 1 atom stereocenters. The Balaban J connectivity index is 4.36. The normalized spacial score (nSPS) is 12.5. The van der Waals surface area contributed by atoms with Gasteiger partial charge < -0.3 is 14.2 Å². The second kappa shape index (κ2) is 61.4. The van der Waals surface area contributed by atoms with Crippen molar-refractivity contribution >= 4 is 17.9 Å². The molecule has 1 unspecified atom stereocenters. The summed E-state index contributed by atoms with van der Waals surface area (Å²) >= 11 is 0. The molecule has 0 bridgehead atoms. The van der Waals surface area contributed by atoms with Crippen molar-refractivity contribution in [2.24, 2.45) is 0 Å². The van der Waals surface area contributed by atoms with E-state index in [1.165, 1.54) is 186 Å². The van der Waals surface area contributed by atoms with Crippen LogP contribution >= 0.6 is 0 Å². The minimum absolute atomic E-state index is 0.0869. The van der Waals surface area contributed by atoms with Crippen molar-refractivity contribution < 1.29 is 28.6 Å². The van der Waals surface area contributed by atoms with E-state index in [1.807, 2.05) is 0 Å². The molecule has 0 spiro atoms. The van der Waals surface area contributed by atoms with E-state index in [-0.39, 0.29) is 31.1 Å². The fraction of sp³-hybridized carbons (Fsp3) is 0.776. The lowest BCUT2D eigenvalue weighted by atomic mass is 10.0. The molecule has 73 heavy (non-hydrogen) atoms. The summed E-state index contributed by atoms with van der Waals surface area (Å²) in [5, 5.41) is 0. The minimum atomic E-state index is -0.792. The lowest BCUT2D eigenvalue weighted by Gasteiger charge is -2.18. The molecular formula is C67H118O6. The number of allylic oxidation sites excluding steroid dienone is 12. The van der Waals surface area contributed by atoms with Gasteiger partial charge in [-0.2, -0.15) is 0 Å². The molecule has 422 valence electrons. The first kappa shape index (κ1) is 69.8. The standard InChI is InChI=1S/C67H118O6/c1-4-7-10-13-16-19-22-25-28-30-31-32-33-34-35-37-39-42-45-48-51-54-57-60-66(69)72-63-64(62-71-65(68)59-56-53-50-47-44-41-38-27-24-21-18-15-12-9-6-3)73-67(70)61-58-55-52-49-46-43-40-36-29-26-23-20-17-14-11-8-5-2/h9,12,18,21-22,25,27,30-31,38,44,47,64H,4-8,10-11,13-17,19-20,23-24,26,28-29,32-37,39-43,45-46,48-63H2,1-3H3/b12-9-,21-18-,25-22-,31-30-,38-27-,47-44-. The van der Waals surface area contributed by atoms with E-state index in [1.54, 1.807) is 0 Å². The van der Waals surface area contributed by atoms with Gasteiger partial charge in [-0.15, -0.1) is 0 Å². The van der Waals surface area contributed by atoms with Gasteiger partial charge in [0, 0.05) is 19.3 Å². The van der Waals surface area contributed by atoms with Gasteiger partial charge in [0.05, 0.1) is 0 Å². The van der Waals surface area contributed by atoms with Crippen molar-refractivity contribution in [3.8, 4) is 0 Å². The second-order valence-corrected chi connectivity index (χ2v) is 20.9. The largest absolute Gasteiger partial charge is 0.462 e. The predicted molar refractivity (Wildman–Crippen MR) is 316 cm³/mol. The third-order valence-electron chi connectivity index (χ3n) is 13.7. The van der Waals surface area contributed by atoms with E-state index < -0.39 is 6.10 Å². The fourth-order valence-corrected chi connectivity index (χ4v) is 9.00. The molecule has 0 rings (SSSR count). The van der Waals surface area contributed by atoms with Crippen molar-refractivity contribution in [2.45, 2.75) is 322 Å². The van der Waals surface area contributed by atoms with Crippen LogP contribution in [-0.2, 0) is 28.6 Å². The van der Waals surface area contributed by atoms with Crippen LogP contribution in [0.3, 0.4) is 0 Å². The van der Waals surface area contributed by atoms with Gasteiger partial charge in [-0.25, -0.2) is 0 Å². The molecule has 0 saturated carbocycles. The Labute approximate surface area is 453 Å². The van der Waals surface area contributed by atoms with E-state index in [0.717, 1.165) is 89.9 Å². The monoisotopic (exact) mass is 1020 g/mol. The molecule has 0 radical (unpaired) electrons. The molecule has 0 N–H and O–H groups in total. The van der Waals surface area contributed by atoms with Crippen molar-refractivity contribution in [1.29, 1.82) is 0 Å². The smallest absolute Gasteiger partial charge is 0.306 e. The second-order valence-electron chi connectivity index (χ2n) is 20.9. The van der Waals surface area contributed by atoms with Crippen LogP contribution in [0.15, 0.2) is 72.9 Å². The highest BCUT2D eigenvalue weighted by molar-refractivity contribution is 5.71. The number of rotatable bonds is 57. The summed E-state index contributed by atoms with van der Waals surface area (Å²) in [5.41, 5.74) is 0. The van der Waals surface area contributed by atoms with Crippen LogP contribution in [0.1, 0.15) is 316 Å². The Morgan fingerprint density at radius 3 is 0.863 bits per heavy atom. The summed E-state index contributed by atoms with van der Waals surface area (Å²) in [7, 11) is 0. The van der Waals surface area contributed by atoms with E-state index in [2.05, 4.69) is 93.7 Å². The van der Waals surface area contributed by atoms with Gasteiger partial charge in [0.15, 0.2) is 6.10 Å². The summed E-state index contributed by atoms with van der Waals surface area (Å²) in [6, 6.07) is 0. The summed E-state index contributed by atoms with van der Waals surface area (Å²) < 4.78 is 16.9. The van der Waals surface area contributed by atoms with Gasteiger partial charge in [-0.05, 0) is 89.9 Å². The topological polar surface area (TPSA) is 78.9 Å². The highest BCUT2D eigenvalue weighted by Crippen LogP contribution is 2.17. The maximum Gasteiger partial charge on any atom is 0.306 e. The third-order valence-corrected chi connectivity index (χ3v) is 13.7. The zero-order chi connectivity index (χ0) is 52.9. The number of esters is 3. The molecule has 0 heterocycles. The SMILES string of the molecule is CC/C=C\C/C=C\C/C=C\C/C=C\CCCCC(=O)OCC(COC(=O)CCCCCCCCCCCCC/C=C\C/C=C\CCCCCCC)OC(=O)CCCCCCCCCCCCCCCCCCC. The third kappa shape index (κ3) is 59.6. The molecule has 0 aliphatic rings. The molecule has 0 aromatic heterocycles. The van der Waals surface area contributed by atoms with E-state index in [9.17, 15) is 14.4 Å².